The average Bonchev–Trinajstić information content (AvgIpc) is 1.96. The number of halogens is 1. The lowest BCUT2D eigenvalue weighted by Gasteiger charge is -2.23. The molecule has 2 unspecified atom stereocenters. The van der Waals surface area contributed by atoms with E-state index in [2.05, 4.69) is 20.7 Å². The minimum absolute atomic E-state index is 0.0308. The van der Waals surface area contributed by atoms with Crippen molar-refractivity contribution < 1.29 is 8.42 Å². The van der Waals surface area contributed by atoms with Gasteiger partial charge in [0.05, 0.1) is 5.75 Å². The predicted octanol–water partition coefficient (Wildman–Crippen LogP) is 2.37. The van der Waals surface area contributed by atoms with Gasteiger partial charge >= 0.3 is 0 Å². The number of hydrogen-bond acceptors (Lipinski definition) is 2. The van der Waals surface area contributed by atoms with Gasteiger partial charge < -0.3 is 0 Å². The molecule has 0 aliphatic carbocycles. The Hall–Kier alpha value is 0.390. The van der Waals surface area contributed by atoms with Gasteiger partial charge in [-0.3, -0.25) is 0 Å². The largest absolute Gasteiger partial charge is 0.212 e. The lowest BCUT2D eigenvalue weighted by atomic mass is 10.0. The summed E-state index contributed by atoms with van der Waals surface area (Å²) in [6.45, 7) is 9.67. The molecule has 0 amide bonds. The molecule has 0 aliphatic rings. The van der Waals surface area contributed by atoms with E-state index in [1.807, 2.05) is 34.6 Å². The van der Waals surface area contributed by atoms with Crippen molar-refractivity contribution in [2.75, 3.05) is 11.1 Å². The molecule has 0 saturated carbocycles. The topological polar surface area (TPSA) is 46.2 Å². The third-order valence-corrected chi connectivity index (χ3v) is 5.08. The van der Waals surface area contributed by atoms with Crippen LogP contribution >= 0.6 is 15.9 Å². The van der Waals surface area contributed by atoms with Gasteiger partial charge in [-0.15, -0.1) is 0 Å². The normalized spacial score (nSPS) is 17.5. The second kappa shape index (κ2) is 5.64. The van der Waals surface area contributed by atoms with Gasteiger partial charge in [-0.25, -0.2) is 13.1 Å². The highest BCUT2D eigenvalue weighted by molar-refractivity contribution is 9.09. The average molecular weight is 300 g/mol. The van der Waals surface area contributed by atoms with Gasteiger partial charge in [-0.1, -0.05) is 43.6 Å². The molecule has 0 bridgehead atoms. The van der Waals surface area contributed by atoms with Crippen LogP contribution in [0.3, 0.4) is 0 Å². The number of nitrogens with one attached hydrogen (secondary N) is 1. The van der Waals surface area contributed by atoms with Crippen LogP contribution in [-0.2, 0) is 10.0 Å². The number of alkyl halides is 1. The minimum Gasteiger partial charge on any atom is -0.212 e. The second-order valence-corrected chi connectivity index (χ2v) is 7.76. The summed E-state index contributed by atoms with van der Waals surface area (Å²) in [5.41, 5.74) is -0.205. The Morgan fingerprint density at radius 2 is 1.73 bits per heavy atom. The Kier molecular flexibility index (Phi) is 5.79. The quantitative estimate of drug-likeness (QED) is 0.792. The molecule has 2 atom stereocenters. The summed E-state index contributed by atoms with van der Waals surface area (Å²) in [5.74, 6) is 0.457. The van der Waals surface area contributed by atoms with E-state index >= 15 is 0 Å². The summed E-state index contributed by atoms with van der Waals surface area (Å²) >= 11 is 3.35. The summed E-state index contributed by atoms with van der Waals surface area (Å²) in [5, 5.41) is 0.798. The summed E-state index contributed by atoms with van der Waals surface area (Å²) < 4.78 is 26.2. The zero-order valence-electron chi connectivity index (χ0n) is 10.2. The van der Waals surface area contributed by atoms with Crippen molar-refractivity contribution in [1.29, 1.82) is 0 Å². The van der Waals surface area contributed by atoms with Gasteiger partial charge in [-0.05, 0) is 18.3 Å². The van der Waals surface area contributed by atoms with Crippen LogP contribution < -0.4 is 4.72 Å². The van der Waals surface area contributed by atoms with E-state index in [0.29, 0.717) is 5.92 Å². The molecule has 92 valence electrons. The maximum Gasteiger partial charge on any atom is 0.212 e. The van der Waals surface area contributed by atoms with Crippen LogP contribution in [0, 0.1) is 11.3 Å². The van der Waals surface area contributed by atoms with Crippen LogP contribution in [0.5, 0.6) is 0 Å². The van der Waals surface area contributed by atoms with Crippen molar-refractivity contribution in [3.05, 3.63) is 0 Å². The van der Waals surface area contributed by atoms with Crippen molar-refractivity contribution in [2.24, 2.45) is 11.3 Å². The molecule has 0 saturated heterocycles. The zero-order chi connectivity index (χ0) is 12.3. The maximum atomic E-state index is 11.8. The van der Waals surface area contributed by atoms with E-state index in [-0.39, 0.29) is 17.2 Å². The highest BCUT2D eigenvalue weighted by Crippen LogP contribution is 2.16. The third kappa shape index (κ3) is 7.30. The molecule has 3 nitrogen and oxygen atoms in total. The van der Waals surface area contributed by atoms with Crippen molar-refractivity contribution in [1.82, 2.24) is 4.72 Å². The standard InChI is InChI=1S/C10H22BrNO2S/c1-8(6-11)9(2)12-15(13,14)7-10(3,4)5/h8-9,12H,6-7H2,1-5H3. The first kappa shape index (κ1) is 15.4. The van der Waals surface area contributed by atoms with Crippen molar-refractivity contribution in [3.63, 3.8) is 0 Å². The first-order valence-corrected chi connectivity index (χ1v) is 7.91. The molecular weight excluding hydrogens is 278 g/mol. The zero-order valence-corrected chi connectivity index (χ0v) is 12.6. The Morgan fingerprint density at radius 1 is 1.27 bits per heavy atom. The molecule has 0 spiro atoms. The van der Waals surface area contributed by atoms with Crippen molar-refractivity contribution in [3.8, 4) is 0 Å². The van der Waals surface area contributed by atoms with E-state index < -0.39 is 10.0 Å². The number of sulfonamides is 1. The molecule has 1 N–H and O–H groups in total. The highest BCUT2D eigenvalue weighted by atomic mass is 79.9. The summed E-state index contributed by atoms with van der Waals surface area (Å²) in [6.07, 6.45) is 0. The second-order valence-electron chi connectivity index (χ2n) is 5.36. The van der Waals surface area contributed by atoms with Crippen LogP contribution in [-0.4, -0.2) is 25.5 Å². The maximum absolute atomic E-state index is 11.8. The monoisotopic (exact) mass is 299 g/mol. The molecule has 0 aliphatic heterocycles. The summed E-state index contributed by atoms with van der Waals surface area (Å²) in [7, 11) is -3.16. The van der Waals surface area contributed by atoms with Crippen molar-refractivity contribution >= 4 is 26.0 Å². The van der Waals surface area contributed by atoms with Crippen LogP contribution in [0.2, 0.25) is 0 Å². The SMILES string of the molecule is CC(CBr)C(C)NS(=O)(=O)CC(C)(C)C. The fourth-order valence-corrected chi connectivity index (χ4v) is 3.73. The first-order chi connectivity index (χ1) is 6.57. The van der Waals surface area contributed by atoms with Gasteiger partial charge in [0.1, 0.15) is 0 Å². The lowest BCUT2D eigenvalue weighted by molar-refractivity contribution is 0.442. The Labute approximate surface area is 102 Å². The summed E-state index contributed by atoms with van der Waals surface area (Å²) in [4.78, 5) is 0. The molecule has 0 aromatic rings. The van der Waals surface area contributed by atoms with Crippen LogP contribution in [0.25, 0.3) is 0 Å². The molecule has 0 radical (unpaired) electrons. The molecular formula is C10H22BrNO2S. The third-order valence-electron chi connectivity index (χ3n) is 2.09. The molecule has 0 heterocycles. The van der Waals surface area contributed by atoms with Gasteiger partial charge in [-0.2, -0.15) is 0 Å². The fraction of sp³-hybridized carbons (Fsp3) is 1.00. The Bertz CT molecular complexity index is 282. The molecule has 0 rings (SSSR count). The van der Waals surface area contributed by atoms with Gasteiger partial charge in [0, 0.05) is 11.4 Å². The van der Waals surface area contributed by atoms with E-state index in [1.54, 1.807) is 0 Å². The van der Waals surface area contributed by atoms with E-state index in [4.69, 9.17) is 0 Å². The van der Waals surface area contributed by atoms with Crippen LogP contribution in [0.4, 0.5) is 0 Å². The lowest BCUT2D eigenvalue weighted by Crippen LogP contribution is -2.41. The Balaban J connectivity index is 4.40. The van der Waals surface area contributed by atoms with Crippen molar-refractivity contribution in [2.45, 2.75) is 40.7 Å². The van der Waals surface area contributed by atoms with Gasteiger partial charge in [0.2, 0.25) is 10.0 Å². The van der Waals surface area contributed by atoms with Crippen LogP contribution in [0.1, 0.15) is 34.6 Å². The Morgan fingerprint density at radius 3 is 2.07 bits per heavy atom. The molecule has 0 aromatic carbocycles. The summed E-state index contributed by atoms with van der Waals surface area (Å²) in [6, 6.07) is -0.0308. The fourth-order valence-electron chi connectivity index (χ4n) is 1.14. The van der Waals surface area contributed by atoms with E-state index in [0.717, 1.165) is 5.33 Å². The number of hydrogen-bond donors (Lipinski definition) is 1. The smallest absolute Gasteiger partial charge is 0.212 e. The van der Waals surface area contributed by atoms with Crippen LogP contribution in [0.15, 0.2) is 0 Å². The minimum atomic E-state index is -3.16. The van der Waals surface area contributed by atoms with Gasteiger partial charge in [0.15, 0.2) is 0 Å². The molecule has 5 heteroatoms. The first-order valence-electron chi connectivity index (χ1n) is 5.13. The van der Waals surface area contributed by atoms with Gasteiger partial charge in [0.25, 0.3) is 0 Å². The van der Waals surface area contributed by atoms with E-state index in [1.165, 1.54) is 0 Å². The highest BCUT2D eigenvalue weighted by Gasteiger charge is 2.24. The molecule has 15 heavy (non-hydrogen) atoms. The molecule has 0 aromatic heterocycles. The predicted molar refractivity (Wildman–Crippen MR) is 68.8 cm³/mol. The molecule has 0 fully saturated rings. The van der Waals surface area contributed by atoms with E-state index in [9.17, 15) is 8.42 Å². The number of rotatable bonds is 5.